The molecule has 9 heavy (non-hydrogen) atoms. The lowest BCUT2D eigenvalue weighted by atomic mass is 10.0. The molecule has 1 heterocycles. The topological polar surface area (TPSA) is 28.6 Å². The normalized spacial score (nSPS) is 24.7. The van der Waals surface area contributed by atoms with Crippen LogP contribution in [0.4, 0.5) is 0 Å². The zero-order valence-corrected chi connectivity index (χ0v) is 8.23. The van der Waals surface area contributed by atoms with E-state index >= 15 is 0 Å². The fourth-order valence-electron chi connectivity index (χ4n) is 1.05. The first kappa shape index (κ1) is 9.65. The first-order chi connectivity index (χ1) is 3.71. The van der Waals surface area contributed by atoms with Crippen molar-refractivity contribution in [3.05, 3.63) is 0 Å². The zero-order chi connectivity index (χ0) is 6.04. The number of hydrogen-bond donors (Lipinski definition) is 2. The van der Waals surface area contributed by atoms with Crippen LogP contribution in [0.2, 0.25) is 0 Å². The Balaban J connectivity index is 0.000000640. The van der Waals surface area contributed by atoms with Gasteiger partial charge in [-0.3, -0.25) is 0 Å². The van der Waals surface area contributed by atoms with Gasteiger partial charge in [0.1, 0.15) is 0 Å². The number of quaternary nitrogens is 1. The summed E-state index contributed by atoms with van der Waals surface area (Å²) in [6, 6.07) is 0. The number of nitrogens with two attached hydrogens (primary N) is 1. The summed E-state index contributed by atoms with van der Waals surface area (Å²) in [6.45, 7) is 8.09. The van der Waals surface area contributed by atoms with E-state index in [0.29, 0.717) is 5.54 Å². The Labute approximate surface area is 73.8 Å². The summed E-state index contributed by atoms with van der Waals surface area (Å²) in [5.74, 6) is 0. The first-order valence-electron chi connectivity index (χ1n) is 3.27. The van der Waals surface area contributed by atoms with Crippen LogP contribution in [0.25, 0.3) is 0 Å². The monoisotopic (exact) mass is 242 g/mol. The summed E-state index contributed by atoms with van der Waals surface area (Å²) in [5.41, 5.74) is 0.373. The molecule has 1 aliphatic rings. The second-order valence-corrected chi connectivity index (χ2v) is 3.09. The number of piperazine rings is 1. The maximum atomic E-state index is 3.43. The van der Waals surface area contributed by atoms with Gasteiger partial charge in [-0.25, -0.2) is 0 Å². The predicted octanol–water partition coefficient (Wildman–Crippen LogP) is -4.06. The molecule has 1 aliphatic heterocycles. The summed E-state index contributed by atoms with van der Waals surface area (Å²) < 4.78 is 0. The van der Waals surface area contributed by atoms with Crippen LogP contribution in [0.15, 0.2) is 0 Å². The molecule has 0 amide bonds. The number of halogens is 1. The van der Waals surface area contributed by atoms with E-state index < -0.39 is 0 Å². The Kier molecular flexibility index (Phi) is 4.00. The number of hydrogen-bond acceptors (Lipinski definition) is 1. The maximum Gasteiger partial charge on any atom is 0.0935 e. The number of rotatable bonds is 0. The van der Waals surface area contributed by atoms with Crippen LogP contribution in [0, 0.1) is 0 Å². The fraction of sp³-hybridized carbons (Fsp3) is 1.00. The van der Waals surface area contributed by atoms with Gasteiger partial charge in [-0.2, -0.15) is 0 Å². The lowest BCUT2D eigenvalue weighted by Crippen LogP contribution is -3.00. The highest BCUT2D eigenvalue weighted by Gasteiger charge is 2.21. The molecular formula is C6H15IN2. The van der Waals surface area contributed by atoms with Crippen molar-refractivity contribution in [1.29, 1.82) is 0 Å². The van der Waals surface area contributed by atoms with Gasteiger partial charge in [0.15, 0.2) is 0 Å². The highest BCUT2D eigenvalue weighted by molar-refractivity contribution is 4.76. The third-order valence-corrected chi connectivity index (χ3v) is 1.61. The molecule has 2 nitrogen and oxygen atoms in total. The van der Waals surface area contributed by atoms with Crippen molar-refractivity contribution < 1.29 is 29.3 Å². The molecule has 0 aromatic rings. The summed E-state index contributed by atoms with van der Waals surface area (Å²) in [4.78, 5) is 0. The van der Waals surface area contributed by atoms with Gasteiger partial charge < -0.3 is 34.6 Å². The van der Waals surface area contributed by atoms with Crippen LogP contribution in [0.1, 0.15) is 13.8 Å². The predicted molar refractivity (Wildman–Crippen MR) is 33.7 cm³/mol. The molecule has 0 bridgehead atoms. The average molecular weight is 242 g/mol. The van der Waals surface area contributed by atoms with Gasteiger partial charge in [-0.15, -0.1) is 0 Å². The van der Waals surface area contributed by atoms with E-state index in [2.05, 4.69) is 24.5 Å². The van der Waals surface area contributed by atoms with E-state index in [0.717, 1.165) is 6.54 Å². The van der Waals surface area contributed by atoms with Gasteiger partial charge in [0, 0.05) is 6.54 Å². The van der Waals surface area contributed by atoms with Crippen LogP contribution < -0.4 is 34.6 Å². The van der Waals surface area contributed by atoms with Gasteiger partial charge >= 0.3 is 0 Å². The SMILES string of the molecule is CC1(C)C[NH2+]CCN1.[I-]. The molecule has 56 valence electrons. The Bertz CT molecular complexity index is 75.1. The molecule has 0 atom stereocenters. The third kappa shape index (κ3) is 3.37. The van der Waals surface area contributed by atoms with E-state index in [1.165, 1.54) is 13.1 Å². The number of nitrogens with one attached hydrogen (secondary N) is 1. The highest BCUT2D eigenvalue weighted by atomic mass is 127. The third-order valence-electron chi connectivity index (χ3n) is 1.61. The van der Waals surface area contributed by atoms with Gasteiger partial charge in [0.05, 0.1) is 18.6 Å². The van der Waals surface area contributed by atoms with Gasteiger partial charge in [-0.05, 0) is 13.8 Å². The fourth-order valence-corrected chi connectivity index (χ4v) is 1.05. The highest BCUT2D eigenvalue weighted by Crippen LogP contribution is 1.96. The van der Waals surface area contributed by atoms with Crippen molar-refractivity contribution in [3.8, 4) is 0 Å². The van der Waals surface area contributed by atoms with Crippen molar-refractivity contribution in [2.24, 2.45) is 0 Å². The smallest absolute Gasteiger partial charge is 0.0935 e. The van der Waals surface area contributed by atoms with Gasteiger partial charge in [-0.1, -0.05) is 0 Å². The quantitative estimate of drug-likeness (QED) is 0.416. The van der Waals surface area contributed by atoms with Crippen molar-refractivity contribution >= 4 is 0 Å². The molecule has 0 radical (unpaired) electrons. The van der Waals surface area contributed by atoms with Crippen LogP contribution in [0.3, 0.4) is 0 Å². The van der Waals surface area contributed by atoms with Crippen molar-refractivity contribution in [2.75, 3.05) is 19.6 Å². The minimum Gasteiger partial charge on any atom is -1.00 e. The van der Waals surface area contributed by atoms with Crippen molar-refractivity contribution in [1.82, 2.24) is 5.32 Å². The largest absolute Gasteiger partial charge is 1.00 e. The second kappa shape index (κ2) is 3.73. The molecule has 1 saturated heterocycles. The minimum atomic E-state index is 0. The van der Waals surface area contributed by atoms with Gasteiger partial charge in [0.2, 0.25) is 0 Å². The van der Waals surface area contributed by atoms with E-state index in [1.807, 2.05) is 0 Å². The summed E-state index contributed by atoms with van der Waals surface area (Å²) >= 11 is 0. The van der Waals surface area contributed by atoms with E-state index in [9.17, 15) is 0 Å². The van der Waals surface area contributed by atoms with Crippen LogP contribution >= 0.6 is 0 Å². The maximum absolute atomic E-state index is 3.43. The molecule has 3 heteroatoms. The molecule has 0 saturated carbocycles. The molecule has 0 aliphatic carbocycles. The zero-order valence-electron chi connectivity index (χ0n) is 6.08. The second-order valence-electron chi connectivity index (χ2n) is 3.09. The van der Waals surface area contributed by atoms with E-state index in [4.69, 9.17) is 0 Å². The molecule has 0 aromatic carbocycles. The molecular weight excluding hydrogens is 227 g/mol. The summed E-state index contributed by atoms with van der Waals surface area (Å²) in [6.07, 6.45) is 0. The summed E-state index contributed by atoms with van der Waals surface area (Å²) in [7, 11) is 0. The van der Waals surface area contributed by atoms with Gasteiger partial charge in [0.25, 0.3) is 0 Å². The average Bonchev–Trinajstić information content (AvgIpc) is 1.65. The molecule has 1 fully saturated rings. The van der Waals surface area contributed by atoms with E-state index in [-0.39, 0.29) is 24.0 Å². The van der Waals surface area contributed by atoms with Crippen LogP contribution in [-0.2, 0) is 0 Å². The molecule has 1 rings (SSSR count). The van der Waals surface area contributed by atoms with Crippen molar-refractivity contribution in [3.63, 3.8) is 0 Å². The minimum absolute atomic E-state index is 0. The standard InChI is InChI=1S/C6H14N2.HI/c1-6(2)5-7-3-4-8-6;/h7-8H,3-5H2,1-2H3;1H. The van der Waals surface area contributed by atoms with Crippen LogP contribution in [-0.4, -0.2) is 25.2 Å². The summed E-state index contributed by atoms with van der Waals surface area (Å²) in [5, 5.41) is 5.78. The first-order valence-corrected chi connectivity index (χ1v) is 3.27. The van der Waals surface area contributed by atoms with Crippen molar-refractivity contribution in [2.45, 2.75) is 19.4 Å². The lowest BCUT2D eigenvalue weighted by Gasteiger charge is -2.28. The van der Waals surface area contributed by atoms with E-state index in [1.54, 1.807) is 0 Å². The molecule has 3 N–H and O–H groups in total. The molecule has 0 unspecified atom stereocenters. The lowest BCUT2D eigenvalue weighted by molar-refractivity contribution is -0.667. The Morgan fingerprint density at radius 1 is 1.44 bits per heavy atom. The van der Waals surface area contributed by atoms with Crippen LogP contribution in [0.5, 0.6) is 0 Å². The Morgan fingerprint density at radius 2 is 2.11 bits per heavy atom. The Morgan fingerprint density at radius 3 is 2.33 bits per heavy atom. The molecule has 0 spiro atoms. The molecule has 0 aromatic heterocycles. The Hall–Kier alpha value is 0.650.